The Morgan fingerprint density at radius 2 is 1.86 bits per heavy atom. The average molecular weight is 393 g/mol. The van der Waals surface area contributed by atoms with Gasteiger partial charge in [0, 0.05) is 0 Å². The zero-order chi connectivity index (χ0) is 19.7. The zero-order valence-corrected chi connectivity index (χ0v) is 15.9. The molecule has 4 aromatic rings. The van der Waals surface area contributed by atoms with Crippen LogP contribution in [0.3, 0.4) is 0 Å². The molecule has 0 amide bonds. The highest BCUT2D eigenvalue weighted by atomic mass is 32.1. The number of ether oxygens (including phenoxy) is 2. The summed E-state index contributed by atoms with van der Waals surface area (Å²) >= 11 is 1.25. The van der Waals surface area contributed by atoms with Gasteiger partial charge in [-0.05, 0) is 35.9 Å². The summed E-state index contributed by atoms with van der Waals surface area (Å²) in [6, 6.07) is 14.2. The van der Waals surface area contributed by atoms with Gasteiger partial charge in [0.25, 0.3) is 5.56 Å². The lowest BCUT2D eigenvalue weighted by atomic mass is 10.1. The first-order valence-corrected chi connectivity index (χ1v) is 9.15. The smallest absolute Gasteiger partial charge is 0.337 e. The third-order valence-electron chi connectivity index (χ3n) is 4.16. The van der Waals surface area contributed by atoms with Gasteiger partial charge in [0.2, 0.25) is 4.96 Å². The number of fused-ring (bicyclic) bond motifs is 1. The second kappa shape index (κ2) is 7.24. The predicted molar refractivity (Wildman–Crippen MR) is 106 cm³/mol. The van der Waals surface area contributed by atoms with Crippen molar-refractivity contribution in [3.05, 3.63) is 74.5 Å². The Morgan fingerprint density at radius 1 is 1.11 bits per heavy atom. The minimum atomic E-state index is -0.404. The van der Waals surface area contributed by atoms with Crippen LogP contribution in [-0.4, -0.2) is 34.8 Å². The Balaban J connectivity index is 1.73. The molecule has 0 fully saturated rings. The second-order valence-electron chi connectivity index (χ2n) is 5.86. The Kier molecular flexibility index (Phi) is 4.62. The Morgan fingerprint density at radius 3 is 2.54 bits per heavy atom. The third kappa shape index (κ3) is 3.14. The molecule has 0 saturated carbocycles. The number of nitrogens with zero attached hydrogens (tertiary/aromatic N) is 3. The topological polar surface area (TPSA) is 82.8 Å². The molecule has 2 aromatic carbocycles. The quantitative estimate of drug-likeness (QED) is 0.494. The van der Waals surface area contributed by atoms with Crippen molar-refractivity contribution in [3.63, 3.8) is 0 Å². The van der Waals surface area contributed by atoms with Crippen LogP contribution in [0.5, 0.6) is 5.75 Å². The number of hydrogen-bond donors (Lipinski definition) is 0. The number of rotatable bonds is 4. The normalized spacial score (nSPS) is 11.7. The second-order valence-corrected chi connectivity index (χ2v) is 6.87. The molecule has 7 nitrogen and oxygen atoms in total. The lowest BCUT2D eigenvalue weighted by Crippen LogP contribution is -2.23. The fraction of sp³-hybridized carbons (Fsp3) is 0.100. The molecule has 0 atom stereocenters. The Labute approximate surface area is 163 Å². The number of esters is 1. The lowest BCUT2D eigenvalue weighted by molar-refractivity contribution is 0.0600. The Hall–Kier alpha value is -3.52. The van der Waals surface area contributed by atoms with Gasteiger partial charge in [0.05, 0.1) is 29.9 Å². The molecule has 140 valence electrons. The van der Waals surface area contributed by atoms with E-state index in [1.807, 2.05) is 24.3 Å². The van der Waals surface area contributed by atoms with Crippen LogP contribution in [0.25, 0.3) is 22.4 Å². The highest BCUT2D eigenvalue weighted by Crippen LogP contribution is 2.27. The molecule has 0 saturated heterocycles. The number of thiazole rings is 1. The van der Waals surface area contributed by atoms with Crippen molar-refractivity contribution >= 4 is 28.3 Å². The summed E-state index contributed by atoms with van der Waals surface area (Å²) in [5.41, 5.74) is 1.72. The van der Waals surface area contributed by atoms with Crippen LogP contribution in [0.2, 0.25) is 0 Å². The van der Waals surface area contributed by atoms with E-state index < -0.39 is 5.97 Å². The number of aromatic nitrogens is 3. The first-order chi connectivity index (χ1) is 13.6. The molecule has 4 rings (SSSR count). The fourth-order valence-electron chi connectivity index (χ4n) is 2.76. The van der Waals surface area contributed by atoms with Crippen LogP contribution in [0.1, 0.15) is 15.9 Å². The summed E-state index contributed by atoms with van der Waals surface area (Å²) in [6.07, 6.45) is 1.74. The number of carbonyl (C=O) groups excluding carboxylic acids is 1. The largest absolute Gasteiger partial charge is 0.496 e. The van der Waals surface area contributed by atoms with Crippen LogP contribution < -0.4 is 14.8 Å². The van der Waals surface area contributed by atoms with E-state index in [0.29, 0.717) is 26.6 Å². The molecule has 8 heteroatoms. The Bertz CT molecular complexity index is 1280. The number of benzene rings is 2. The standard InChI is InChI=1S/C20H15N3O4S/c1-26-15-6-4-3-5-14(15)17-21-20-23(22-17)18(24)16(28-20)11-12-7-9-13(10-8-12)19(25)27-2/h3-11H,1-2H3/b16-11+. The maximum Gasteiger partial charge on any atom is 0.337 e. The monoisotopic (exact) mass is 393 g/mol. The molecule has 0 spiro atoms. The van der Waals surface area contributed by atoms with Crippen LogP contribution >= 0.6 is 11.3 Å². The maximum atomic E-state index is 12.7. The van der Waals surface area contributed by atoms with Crippen molar-refractivity contribution in [3.8, 4) is 17.1 Å². The molecule has 0 aliphatic heterocycles. The zero-order valence-electron chi connectivity index (χ0n) is 15.1. The highest BCUT2D eigenvalue weighted by molar-refractivity contribution is 7.15. The van der Waals surface area contributed by atoms with E-state index in [0.717, 1.165) is 11.1 Å². The van der Waals surface area contributed by atoms with E-state index in [-0.39, 0.29) is 5.56 Å². The SMILES string of the molecule is COC(=O)c1ccc(/C=c2/sc3nc(-c4ccccc4OC)nn3c2=O)cc1. The average Bonchev–Trinajstić information content (AvgIpc) is 3.27. The van der Waals surface area contributed by atoms with Gasteiger partial charge in [-0.25, -0.2) is 4.79 Å². The van der Waals surface area contributed by atoms with E-state index in [4.69, 9.17) is 4.74 Å². The summed E-state index contributed by atoms with van der Waals surface area (Å²) in [4.78, 5) is 29.2. The van der Waals surface area contributed by atoms with Crippen LogP contribution in [0.15, 0.2) is 53.3 Å². The molecule has 2 heterocycles. The number of carbonyl (C=O) groups is 1. The number of para-hydroxylation sites is 1. The van der Waals surface area contributed by atoms with Gasteiger partial charge >= 0.3 is 5.97 Å². The van der Waals surface area contributed by atoms with E-state index >= 15 is 0 Å². The van der Waals surface area contributed by atoms with Crippen molar-refractivity contribution in [2.24, 2.45) is 0 Å². The molecule has 0 radical (unpaired) electrons. The van der Waals surface area contributed by atoms with E-state index in [2.05, 4.69) is 14.8 Å². The maximum absolute atomic E-state index is 12.7. The van der Waals surface area contributed by atoms with Gasteiger partial charge in [-0.1, -0.05) is 35.6 Å². The lowest BCUT2D eigenvalue weighted by Gasteiger charge is -2.03. The number of hydrogen-bond acceptors (Lipinski definition) is 7. The van der Waals surface area contributed by atoms with Crippen molar-refractivity contribution in [2.45, 2.75) is 0 Å². The summed E-state index contributed by atoms with van der Waals surface area (Å²) in [7, 11) is 2.91. The summed E-state index contributed by atoms with van der Waals surface area (Å²) < 4.78 is 11.8. The van der Waals surface area contributed by atoms with Gasteiger partial charge in [-0.2, -0.15) is 9.50 Å². The summed E-state index contributed by atoms with van der Waals surface area (Å²) in [5, 5.41) is 4.34. The van der Waals surface area contributed by atoms with Crippen molar-refractivity contribution in [1.82, 2.24) is 14.6 Å². The van der Waals surface area contributed by atoms with Crippen molar-refractivity contribution < 1.29 is 14.3 Å². The van der Waals surface area contributed by atoms with Crippen molar-refractivity contribution in [1.29, 1.82) is 0 Å². The summed E-state index contributed by atoms with van der Waals surface area (Å²) in [5.74, 6) is 0.680. The van der Waals surface area contributed by atoms with E-state index in [1.165, 1.54) is 23.0 Å². The predicted octanol–water partition coefficient (Wildman–Crippen LogP) is 2.16. The molecule has 28 heavy (non-hydrogen) atoms. The number of methoxy groups -OCH3 is 2. The molecular formula is C20H15N3O4S. The molecule has 0 bridgehead atoms. The first-order valence-electron chi connectivity index (χ1n) is 8.34. The molecule has 0 unspecified atom stereocenters. The van der Waals surface area contributed by atoms with Crippen LogP contribution in [0, 0.1) is 0 Å². The molecule has 0 N–H and O–H groups in total. The highest BCUT2D eigenvalue weighted by Gasteiger charge is 2.15. The molecule has 0 aliphatic rings. The minimum Gasteiger partial charge on any atom is -0.496 e. The van der Waals surface area contributed by atoms with Gasteiger partial charge < -0.3 is 9.47 Å². The summed E-state index contributed by atoms with van der Waals surface area (Å²) in [6.45, 7) is 0. The van der Waals surface area contributed by atoms with Gasteiger partial charge in [0.1, 0.15) is 5.75 Å². The first kappa shape index (κ1) is 17.9. The fourth-order valence-corrected chi connectivity index (χ4v) is 3.67. The van der Waals surface area contributed by atoms with Gasteiger partial charge in [0.15, 0.2) is 5.82 Å². The minimum absolute atomic E-state index is 0.245. The molecule has 2 aromatic heterocycles. The third-order valence-corrected chi connectivity index (χ3v) is 5.12. The van der Waals surface area contributed by atoms with Crippen molar-refractivity contribution in [2.75, 3.05) is 14.2 Å². The van der Waals surface area contributed by atoms with E-state index in [1.54, 1.807) is 37.5 Å². The van der Waals surface area contributed by atoms with Crippen LogP contribution in [0.4, 0.5) is 0 Å². The molecule has 0 aliphatic carbocycles. The van der Waals surface area contributed by atoms with Crippen LogP contribution in [-0.2, 0) is 4.74 Å². The van der Waals surface area contributed by atoms with Gasteiger partial charge in [-0.3, -0.25) is 4.79 Å². The molecular weight excluding hydrogens is 378 g/mol. The van der Waals surface area contributed by atoms with E-state index in [9.17, 15) is 9.59 Å². The van der Waals surface area contributed by atoms with Gasteiger partial charge in [-0.15, -0.1) is 5.10 Å².